The molecule has 1 aromatic heterocycles. The van der Waals surface area contributed by atoms with E-state index in [9.17, 15) is 4.79 Å². The number of hydrogen-bond acceptors (Lipinski definition) is 3. The Hall–Kier alpha value is -1.52. The van der Waals surface area contributed by atoms with Crippen molar-refractivity contribution in [1.82, 2.24) is 0 Å². The molecule has 0 saturated carbocycles. The third-order valence-electron chi connectivity index (χ3n) is 2.79. The van der Waals surface area contributed by atoms with E-state index in [1.165, 1.54) is 4.88 Å². The Morgan fingerprint density at radius 1 is 1.37 bits per heavy atom. The van der Waals surface area contributed by atoms with E-state index in [1.54, 1.807) is 30.4 Å². The number of hydrogen-bond donors (Lipinski definition) is 2. The van der Waals surface area contributed by atoms with E-state index < -0.39 is 5.97 Å². The molecule has 2 aromatic rings. The van der Waals surface area contributed by atoms with E-state index in [0.29, 0.717) is 5.56 Å². The van der Waals surface area contributed by atoms with Crippen LogP contribution in [0.1, 0.15) is 20.8 Å². The summed E-state index contributed by atoms with van der Waals surface area (Å²) in [5.41, 5.74) is 2.04. The highest BCUT2D eigenvalue weighted by molar-refractivity contribution is 7.16. The molecule has 0 amide bonds. The fraction of sp³-hybridized carbons (Fsp3) is 0.214. The standard InChI is InChI=1S/C14H14ClNO2S/c1-9-8-10(2-4-12(9)14(17)18)16-7-6-11-3-5-13(15)19-11/h2-5,8,16H,6-7H2,1H3,(H,17,18). The smallest absolute Gasteiger partial charge is 0.335 e. The first-order valence-corrected chi connectivity index (χ1v) is 7.08. The maximum Gasteiger partial charge on any atom is 0.335 e. The van der Waals surface area contributed by atoms with Crippen molar-refractivity contribution in [1.29, 1.82) is 0 Å². The minimum Gasteiger partial charge on any atom is -0.478 e. The number of aryl methyl sites for hydroxylation is 1. The molecule has 5 heteroatoms. The molecule has 0 aliphatic carbocycles. The average Bonchev–Trinajstić information content (AvgIpc) is 2.75. The summed E-state index contributed by atoms with van der Waals surface area (Å²) in [6.07, 6.45) is 0.900. The van der Waals surface area contributed by atoms with Crippen LogP contribution in [-0.4, -0.2) is 17.6 Å². The number of benzene rings is 1. The fourth-order valence-corrected chi connectivity index (χ4v) is 2.92. The van der Waals surface area contributed by atoms with Gasteiger partial charge in [0.1, 0.15) is 0 Å². The van der Waals surface area contributed by atoms with Crippen molar-refractivity contribution in [2.45, 2.75) is 13.3 Å². The van der Waals surface area contributed by atoms with E-state index in [2.05, 4.69) is 5.32 Å². The molecule has 2 N–H and O–H groups in total. The third-order valence-corrected chi connectivity index (χ3v) is 4.08. The Morgan fingerprint density at radius 2 is 2.16 bits per heavy atom. The van der Waals surface area contributed by atoms with Gasteiger partial charge in [0.15, 0.2) is 0 Å². The first-order valence-electron chi connectivity index (χ1n) is 5.88. The minimum absolute atomic E-state index is 0.343. The summed E-state index contributed by atoms with van der Waals surface area (Å²) in [5.74, 6) is -0.891. The van der Waals surface area contributed by atoms with Crippen LogP contribution in [0.15, 0.2) is 30.3 Å². The van der Waals surface area contributed by atoms with Crippen LogP contribution in [0.4, 0.5) is 5.69 Å². The lowest BCUT2D eigenvalue weighted by Gasteiger charge is -2.08. The fourth-order valence-electron chi connectivity index (χ4n) is 1.83. The van der Waals surface area contributed by atoms with Crippen LogP contribution in [0.2, 0.25) is 4.34 Å². The van der Waals surface area contributed by atoms with Gasteiger partial charge in [-0.3, -0.25) is 0 Å². The van der Waals surface area contributed by atoms with Crippen molar-refractivity contribution in [2.75, 3.05) is 11.9 Å². The molecule has 0 radical (unpaired) electrons. The highest BCUT2D eigenvalue weighted by Crippen LogP contribution is 2.22. The average molecular weight is 296 g/mol. The lowest BCUT2D eigenvalue weighted by molar-refractivity contribution is 0.0696. The van der Waals surface area contributed by atoms with Crippen molar-refractivity contribution in [2.24, 2.45) is 0 Å². The SMILES string of the molecule is Cc1cc(NCCc2ccc(Cl)s2)ccc1C(=O)O. The maximum atomic E-state index is 10.9. The number of nitrogens with one attached hydrogen (secondary N) is 1. The first kappa shape index (κ1) is 13.9. The molecule has 0 aliphatic rings. The summed E-state index contributed by atoms with van der Waals surface area (Å²) in [4.78, 5) is 12.1. The Labute approximate surface area is 120 Å². The predicted molar refractivity (Wildman–Crippen MR) is 79.7 cm³/mol. The lowest BCUT2D eigenvalue weighted by Crippen LogP contribution is -2.05. The van der Waals surface area contributed by atoms with Gasteiger partial charge < -0.3 is 10.4 Å². The molecule has 0 saturated heterocycles. The minimum atomic E-state index is -0.891. The van der Waals surface area contributed by atoms with Gasteiger partial charge in [0.2, 0.25) is 0 Å². The van der Waals surface area contributed by atoms with Crippen molar-refractivity contribution < 1.29 is 9.90 Å². The maximum absolute atomic E-state index is 10.9. The zero-order valence-corrected chi connectivity index (χ0v) is 12.0. The molecule has 0 unspecified atom stereocenters. The lowest BCUT2D eigenvalue weighted by atomic mass is 10.1. The Morgan fingerprint density at radius 3 is 2.74 bits per heavy atom. The van der Waals surface area contributed by atoms with Crippen molar-refractivity contribution in [3.63, 3.8) is 0 Å². The van der Waals surface area contributed by atoms with Crippen LogP contribution in [0.25, 0.3) is 0 Å². The highest BCUT2D eigenvalue weighted by atomic mass is 35.5. The van der Waals surface area contributed by atoms with Gasteiger partial charge in [-0.05, 0) is 49.2 Å². The van der Waals surface area contributed by atoms with Crippen LogP contribution in [0.3, 0.4) is 0 Å². The number of anilines is 1. The van der Waals surface area contributed by atoms with Gasteiger partial charge >= 0.3 is 5.97 Å². The van der Waals surface area contributed by atoms with Crippen LogP contribution < -0.4 is 5.32 Å². The Balaban J connectivity index is 1.93. The number of rotatable bonds is 5. The number of thiophene rings is 1. The van der Waals surface area contributed by atoms with E-state index in [1.807, 2.05) is 18.2 Å². The quantitative estimate of drug-likeness (QED) is 0.874. The van der Waals surface area contributed by atoms with Gasteiger partial charge in [0.25, 0.3) is 0 Å². The summed E-state index contributed by atoms with van der Waals surface area (Å²) >= 11 is 7.45. The largest absolute Gasteiger partial charge is 0.478 e. The van der Waals surface area contributed by atoms with Crippen LogP contribution in [0, 0.1) is 6.92 Å². The van der Waals surface area contributed by atoms with E-state index in [4.69, 9.17) is 16.7 Å². The molecular weight excluding hydrogens is 282 g/mol. The number of carboxylic acid groups (broad SMARTS) is 1. The van der Waals surface area contributed by atoms with Gasteiger partial charge in [-0.2, -0.15) is 0 Å². The molecule has 1 aromatic carbocycles. The zero-order chi connectivity index (χ0) is 13.8. The number of carboxylic acids is 1. The van der Waals surface area contributed by atoms with Gasteiger partial charge in [0.05, 0.1) is 9.90 Å². The number of aromatic carboxylic acids is 1. The van der Waals surface area contributed by atoms with E-state index in [0.717, 1.165) is 28.6 Å². The third kappa shape index (κ3) is 3.72. The summed E-state index contributed by atoms with van der Waals surface area (Å²) in [6, 6.07) is 9.19. The second-order valence-corrected chi connectivity index (χ2v) is 6.02. The molecule has 3 nitrogen and oxygen atoms in total. The van der Waals surface area contributed by atoms with Crippen molar-refractivity contribution >= 4 is 34.6 Å². The van der Waals surface area contributed by atoms with E-state index in [-0.39, 0.29) is 0 Å². The van der Waals surface area contributed by atoms with Gasteiger partial charge in [-0.25, -0.2) is 4.79 Å². The summed E-state index contributed by atoms with van der Waals surface area (Å²) in [7, 11) is 0. The van der Waals surface area contributed by atoms with Crippen molar-refractivity contribution in [3.05, 3.63) is 50.7 Å². The monoisotopic (exact) mass is 295 g/mol. The van der Waals surface area contributed by atoms with Gasteiger partial charge in [-0.1, -0.05) is 11.6 Å². The molecule has 0 aliphatic heterocycles. The van der Waals surface area contributed by atoms with Crippen LogP contribution >= 0.6 is 22.9 Å². The first-order chi connectivity index (χ1) is 9.06. The second kappa shape index (κ2) is 6.08. The Bertz CT molecular complexity index is 595. The molecular formula is C14H14ClNO2S. The number of carbonyl (C=O) groups is 1. The number of halogens is 1. The second-order valence-electron chi connectivity index (χ2n) is 4.22. The topological polar surface area (TPSA) is 49.3 Å². The Kier molecular flexibility index (Phi) is 4.45. The molecule has 0 fully saturated rings. The molecule has 0 spiro atoms. The van der Waals surface area contributed by atoms with Gasteiger partial charge in [0, 0.05) is 17.1 Å². The molecule has 0 bridgehead atoms. The molecule has 1 heterocycles. The molecule has 0 atom stereocenters. The van der Waals surface area contributed by atoms with Gasteiger partial charge in [-0.15, -0.1) is 11.3 Å². The zero-order valence-electron chi connectivity index (χ0n) is 10.4. The van der Waals surface area contributed by atoms with E-state index >= 15 is 0 Å². The molecule has 2 rings (SSSR count). The normalized spacial score (nSPS) is 10.4. The van der Waals surface area contributed by atoms with Crippen LogP contribution in [-0.2, 0) is 6.42 Å². The molecule has 19 heavy (non-hydrogen) atoms. The highest BCUT2D eigenvalue weighted by Gasteiger charge is 2.06. The summed E-state index contributed by atoms with van der Waals surface area (Å²) in [6.45, 7) is 2.59. The predicted octanol–water partition coefficient (Wildman–Crippen LogP) is 4.06. The summed E-state index contributed by atoms with van der Waals surface area (Å²) in [5, 5.41) is 12.2. The van der Waals surface area contributed by atoms with Crippen molar-refractivity contribution in [3.8, 4) is 0 Å². The van der Waals surface area contributed by atoms with Crippen LogP contribution in [0.5, 0.6) is 0 Å². The molecule has 100 valence electrons. The summed E-state index contributed by atoms with van der Waals surface area (Å²) < 4.78 is 0.802.